The zero-order chi connectivity index (χ0) is 16.1. The third-order valence-corrected chi connectivity index (χ3v) is 5.20. The first-order valence-corrected chi connectivity index (χ1v) is 9.55. The highest BCUT2D eigenvalue weighted by Gasteiger charge is 2.12. The highest BCUT2D eigenvalue weighted by molar-refractivity contribution is 7.84. The maximum absolute atomic E-state index is 12.0. The third-order valence-electron chi connectivity index (χ3n) is 2.89. The SMILES string of the molecule is O=[S@](CCOc1ccc(Cl)cc1)Cc1nc(-c2cccs2)no1. The second kappa shape index (κ2) is 7.72. The van der Waals surface area contributed by atoms with Gasteiger partial charge in [-0.1, -0.05) is 22.8 Å². The van der Waals surface area contributed by atoms with Gasteiger partial charge in [-0.15, -0.1) is 11.3 Å². The lowest BCUT2D eigenvalue weighted by Crippen LogP contribution is -2.10. The van der Waals surface area contributed by atoms with E-state index >= 15 is 0 Å². The quantitative estimate of drug-likeness (QED) is 0.635. The van der Waals surface area contributed by atoms with Crippen molar-refractivity contribution in [1.82, 2.24) is 10.1 Å². The summed E-state index contributed by atoms with van der Waals surface area (Å²) < 4.78 is 22.7. The first kappa shape index (κ1) is 16.2. The summed E-state index contributed by atoms with van der Waals surface area (Å²) in [6.45, 7) is 0.347. The van der Waals surface area contributed by atoms with Crippen LogP contribution in [0, 0.1) is 0 Å². The number of rotatable bonds is 7. The molecule has 0 spiro atoms. The minimum Gasteiger partial charge on any atom is -0.493 e. The maximum atomic E-state index is 12.0. The second-order valence-electron chi connectivity index (χ2n) is 4.58. The van der Waals surface area contributed by atoms with Gasteiger partial charge in [0.1, 0.15) is 11.5 Å². The van der Waals surface area contributed by atoms with E-state index in [2.05, 4.69) is 10.1 Å². The summed E-state index contributed by atoms with van der Waals surface area (Å²) in [7, 11) is -1.13. The fourth-order valence-corrected chi connectivity index (χ4v) is 3.39. The van der Waals surface area contributed by atoms with Crippen LogP contribution >= 0.6 is 22.9 Å². The van der Waals surface area contributed by atoms with E-state index in [0.717, 1.165) is 4.88 Å². The van der Waals surface area contributed by atoms with Crippen LogP contribution in [0.5, 0.6) is 5.75 Å². The first-order chi connectivity index (χ1) is 11.2. The van der Waals surface area contributed by atoms with Crippen molar-refractivity contribution in [3.8, 4) is 16.5 Å². The van der Waals surface area contributed by atoms with Crippen molar-refractivity contribution < 1.29 is 13.5 Å². The molecule has 2 aromatic heterocycles. The molecule has 0 unspecified atom stereocenters. The van der Waals surface area contributed by atoms with Crippen molar-refractivity contribution >= 4 is 33.7 Å². The van der Waals surface area contributed by atoms with E-state index in [0.29, 0.717) is 34.8 Å². The average Bonchev–Trinajstić information content (AvgIpc) is 3.20. The number of hydrogen-bond acceptors (Lipinski definition) is 6. The number of hydrogen-bond donors (Lipinski definition) is 0. The molecule has 3 aromatic rings. The molecule has 0 saturated heterocycles. The van der Waals surface area contributed by atoms with Crippen LogP contribution in [0.1, 0.15) is 5.89 Å². The normalized spacial score (nSPS) is 12.2. The van der Waals surface area contributed by atoms with Crippen molar-refractivity contribution in [2.45, 2.75) is 5.75 Å². The van der Waals surface area contributed by atoms with Crippen LogP contribution in [-0.2, 0) is 16.6 Å². The van der Waals surface area contributed by atoms with Crippen molar-refractivity contribution in [3.05, 3.63) is 52.7 Å². The fraction of sp³-hybridized carbons (Fsp3) is 0.200. The van der Waals surface area contributed by atoms with Crippen LogP contribution in [0.2, 0.25) is 5.02 Å². The Morgan fingerprint density at radius 2 is 2.09 bits per heavy atom. The van der Waals surface area contributed by atoms with Gasteiger partial charge < -0.3 is 9.26 Å². The molecule has 5 nitrogen and oxygen atoms in total. The molecule has 1 atom stereocenters. The Bertz CT molecular complexity index is 772. The molecule has 8 heteroatoms. The van der Waals surface area contributed by atoms with E-state index in [-0.39, 0.29) is 5.75 Å². The van der Waals surface area contributed by atoms with Crippen LogP contribution in [0.25, 0.3) is 10.7 Å². The number of nitrogens with zero attached hydrogens (tertiary/aromatic N) is 2. The van der Waals surface area contributed by atoms with Crippen LogP contribution in [0.4, 0.5) is 0 Å². The summed E-state index contributed by atoms with van der Waals surface area (Å²) in [6, 6.07) is 10.9. The summed E-state index contributed by atoms with van der Waals surface area (Å²) >= 11 is 7.33. The minimum atomic E-state index is -1.13. The molecule has 0 radical (unpaired) electrons. The summed E-state index contributed by atoms with van der Waals surface area (Å²) in [5.74, 6) is 2.22. The lowest BCUT2D eigenvalue weighted by molar-refractivity contribution is 0.342. The first-order valence-electron chi connectivity index (χ1n) is 6.80. The monoisotopic (exact) mass is 368 g/mol. The maximum Gasteiger partial charge on any atom is 0.239 e. The number of halogens is 1. The van der Waals surface area contributed by atoms with Crippen molar-refractivity contribution in [2.75, 3.05) is 12.4 Å². The van der Waals surface area contributed by atoms with Gasteiger partial charge in [0.2, 0.25) is 11.7 Å². The number of benzene rings is 1. The highest BCUT2D eigenvalue weighted by atomic mass is 35.5. The van der Waals surface area contributed by atoms with Gasteiger partial charge in [0, 0.05) is 15.8 Å². The molecular weight excluding hydrogens is 356 g/mol. The molecular formula is C15H13ClN2O3S2. The zero-order valence-electron chi connectivity index (χ0n) is 12.0. The lowest BCUT2D eigenvalue weighted by atomic mass is 10.3. The summed E-state index contributed by atoms with van der Waals surface area (Å²) in [4.78, 5) is 5.18. The van der Waals surface area contributed by atoms with Gasteiger partial charge >= 0.3 is 0 Å². The van der Waals surface area contributed by atoms with E-state index in [9.17, 15) is 4.21 Å². The summed E-state index contributed by atoms with van der Waals surface area (Å²) in [5, 5.41) is 6.49. The molecule has 0 N–H and O–H groups in total. The molecule has 0 fully saturated rings. The van der Waals surface area contributed by atoms with Crippen molar-refractivity contribution in [1.29, 1.82) is 0 Å². The number of thiophene rings is 1. The molecule has 1 aromatic carbocycles. The molecule has 0 amide bonds. The molecule has 0 aliphatic carbocycles. The predicted octanol–water partition coefficient (Wildman–Crippen LogP) is 3.78. The average molecular weight is 369 g/mol. The fourth-order valence-electron chi connectivity index (χ4n) is 1.81. The Balaban J connectivity index is 1.47. The molecule has 0 saturated carbocycles. The van der Waals surface area contributed by atoms with Crippen LogP contribution in [0.15, 0.2) is 46.3 Å². The minimum absolute atomic E-state index is 0.225. The zero-order valence-corrected chi connectivity index (χ0v) is 14.4. The Hall–Kier alpha value is -1.70. The van der Waals surface area contributed by atoms with E-state index in [1.807, 2.05) is 17.5 Å². The number of ether oxygens (including phenoxy) is 1. The van der Waals surface area contributed by atoms with Gasteiger partial charge in [-0.25, -0.2) is 0 Å². The van der Waals surface area contributed by atoms with E-state index < -0.39 is 10.8 Å². The summed E-state index contributed by atoms with van der Waals surface area (Å²) in [5.41, 5.74) is 0. The summed E-state index contributed by atoms with van der Waals surface area (Å²) in [6.07, 6.45) is 0. The Morgan fingerprint density at radius 3 is 2.83 bits per heavy atom. The number of aromatic nitrogens is 2. The topological polar surface area (TPSA) is 65.2 Å². The van der Waals surface area contributed by atoms with Crippen molar-refractivity contribution in [2.24, 2.45) is 0 Å². The van der Waals surface area contributed by atoms with Gasteiger partial charge in [0.15, 0.2) is 0 Å². The molecule has 0 aliphatic heterocycles. The van der Waals surface area contributed by atoms with E-state index in [4.69, 9.17) is 20.9 Å². The largest absolute Gasteiger partial charge is 0.493 e. The van der Waals surface area contributed by atoms with Crippen LogP contribution in [-0.4, -0.2) is 26.7 Å². The van der Waals surface area contributed by atoms with Gasteiger partial charge in [0.05, 0.1) is 17.2 Å². The smallest absolute Gasteiger partial charge is 0.239 e. The predicted molar refractivity (Wildman–Crippen MR) is 91.3 cm³/mol. The van der Waals surface area contributed by atoms with Gasteiger partial charge in [-0.3, -0.25) is 4.21 Å². The van der Waals surface area contributed by atoms with Gasteiger partial charge in [-0.2, -0.15) is 4.98 Å². The Morgan fingerprint density at radius 1 is 1.26 bits per heavy atom. The van der Waals surface area contributed by atoms with Crippen LogP contribution in [0.3, 0.4) is 0 Å². The van der Waals surface area contributed by atoms with Crippen LogP contribution < -0.4 is 4.74 Å². The molecule has 23 heavy (non-hydrogen) atoms. The lowest BCUT2D eigenvalue weighted by Gasteiger charge is -2.05. The molecule has 120 valence electrons. The Labute approximate surface area is 144 Å². The van der Waals surface area contributed by atoms with E-state index in [1.54, 1.807) is 24.3 Å². The standard InChI is InChI=1S/C15H13ClN2O3S2/c16-11-3-5-12(6-4-11)20-7-9-23(19)10-14-17-15(18-21-14)13-2-1-8-22-13/h1-6,8H,7,9-10H2/t23-/m1/s1. The molecule has 3 rings (SSSR count). The molecule has 2 heterocycles. The highest BCUT2D eigenvalue weighted by Crippen LogP contribution is 2.21. The van der Waals surface area contributed by atoms with Gasteiger partial charge in [-0.05, 0) is 35.7 Å². The van der Waals surface area contributed by atoms with Crippen molar-refractivity contribution in [3.63, 3.8) is 0 Å². The van der Waals surface area contributed by atoms with Gasteiger partial charge in [0.25, 0.3) is 0 Å². The third kappa shape index (κ3) is 4.63. The van der Waals surface area contributed by atoms with E-state index in [1.165, 1.54) is 11.3 Å². The second-order valence-corrected chi connectivity index (χ2v) is 7.54. The Kier molecular flexibility index (Phi) is 5.43. The molecule has 0 bridgehead atoms. The molecule has 0 aliphatic rings.